The van der Waals surface area contributed by atoms with Crippen molar-refractivity contribution in [3.05, 3.63) is 11.4 Å². The summed E-state index contributed by atoms with van der Waals surface area (Å²) in [6.07, 6.45) is 3.83. The highest BCUT2D eigenvalue weighted by Crippen LogP contribution is 2.25. The smallest absolute Gasteiger partial charge is 0.244 e. The maximum absolute atomic E-state index is 12.4. The van der Waals surface area contributed by atoms with Gasteiger partial charge in [-0.25, -0.2) is 13.1 Å². The summed E-state index contributed by atoms with van der Waals surface area (Å²) >= 11 is 0. The minimum atomic E-state index is -3.61. The summed E-state index contributed by atoms with van der Waals surface area (Å²) in [6, 6.07) is -0.0120. The number of H-pyrrole nitrogens is 1. The van der Waals surface area contributed by atoms with E-state index in [1.54, 1.807) is 6.92 Å². The zero-order valence-electron chi connectivity index (χ0n) is 11.3. The minimum Gasteiger partial charge on any atom is -0.390 e. The molecule has 1 saturated carbocycles. The van der Waals surface area contributed by atoms with Gasteiger partial charge >= 0.3 is 0 Å². The Balaban J connectivity index is 2.16. The van der Waals surface area contributed by atoms with E-state index >= 15 is 0 Å². The Bertz CT molecular complexity index is 530. The van der Waals surface area contributed by atoms with E-state index in [1.807, 2.05) is 0 Å². The molecule has 108 valence electrons. The second-order valence-corrected chi connectivity index (χ2v) is 7.01. The van der Waals surface area contributed by atoms with Crippen molar-refractivity contribution in [1.82, 2.24) is 14.9 Å². The number of aryl methyl sites for hydroxylation is 1. The minimum absolute atomic E-state index is 0.0120. The van der Waals surface area contributed by atoms with Crippen LogP contribution in [0.5, 0.6) is 0 Å². The van der Waals surface area contributed by atoms with Crippen LogP contribution in [-0.2, 0) is 16.6 Å². The first kappa shape index (κ1) is 14.5. The van der Waals surface area contributed by atoms with Crippen LogP contribution in [0.25, 0.3) is 0 Å². The lowest BCUT2D eigenvalue weighted by molar-refractivity contribution is 0.273. The molecule has 1 aromatic rings. The number of hydrogen-bond donors (Lipinski definition) is 3. The van der Waals surface area contributed by atoms with Crippen LogP contribution >= 0.6 is 0 Å². The van der Waals surface area contributed by atoms with Crippen molar-refractivity contribution >= 4 is 10.0 Å². The van der Waals surface area contributed by atoms with Gasteiger partial charge in [0, 0.05) is 6.04 Å². The van der Waals surface area contributed by atoms with E-state index < -0.39 is 10.0 Å². The second-order valence-electron chi connectivity index (χ2n) is 5.36. The van der Waals surface area contributed by atoms with Gasteiger partial charge in [0.25, 0.3) is 0 Å². The topological polar surface area (TPSA) is 95.1 Å². The predicted molar refractivity (Wildman–Crippen MR) is 71.0 cm³/mol. The largest absolute Gasteiger partial charge is 0.390 e. The molecule has 1 heterocycles. The maximum Gasteiger partial charge on any atom is 0.244 e. The van der Waals surface area contributed by atoms with Gasteiger partial charge in [0.2, 0.25) is 10.0 Å². The van der Waals surface area contributed by atoms with E-state index in [2.05, 4.69) is 21.8 Å². The third-order valence-corrected chi connectivity index (χ3v) is 5.44. The molecule has 1 fully saturated rings. The van der Waals surface area contributed by atoms with Gasteiger partial charge in [-0.05, 0) is 38.5 Å². The number of hydrogen-bond acceptors (Lipinski definition) is 4. The van der Waals surface area contributed by atoms with Crippen molar-refractivity contribution in [2.24, 2.45) is 5.92 Å². The van der Waals surface area contributed by atoms with Crippen LogP contribution in [0.4, 0.5) is 0 Å². The molecule has 2 rings (SSSR count). The van der Waals surface area contributed by atoms with E-state index in [0.717, 1.165) is 25.7 Å². The lowest BCUT2D eigenvalue weighted by Crippen LogP contribution is -2.37. The molecular weight excluding hydrogens is 266 g/mol. The number of aliphatic hydroxyl groups excluding tert-OH is 1. The Morgan fingerprint density at radius 2 is 2.00 bits per heavy atom. The fourth-order valence-electron chi connectivity index (χ4n) is 2.59. The van der Waals surface area contributed by atoms with E-state index in [0.29, 0.717) is 11.6 Å². The fourth-order valence-corrected chi connectivity index (χ4v) is 4.25. The maximum atomic E-state index is 12.4. The molecule has 0 aromatic carbocycles. The first-order valence-electron chi connectivity index (χ1n) is 6.61. The van der Waals surface area contributed by atoms with Crippen LogP contribution in [-0.4, -0.2) is 29.8 Å². The van der Waals surface area contributed by atoms with Crippen LogP contribution in [0.3, 0.4) is 0 Å². The van der Waals surface area contributed by atoms with E-state index in [1.165, 1.54) is 0 Å². The Morgan fingerprint density at radius 1 is 1.37 bits per heavy atom. The Morgan fingerprint density at radius 3 is 2.58 bits per heavy atom. The summed E-state index contributed by atoms with van der Waals surface area (Å²) in [5.41, 5.74) is 0.634. The van der Waals surface area contributed by atoms with Crippen molar-refractivity contribution in [2.45, 2.75) is 57.1 Å². The standard InChI is InChI=1S/C12H21N3O3S/c1-8-3-5-10(6-4-8)15-19(17,18)12-9(2)13-14-11(12)7-16/h8,10,15-16H,3-7H2,1-2H3,(H,13,14). The van der Waals surface area contributed by atoms with Crippen molar-refractivity contribution < 1.29 is 13.5 Å². The highest BCUT2D eigenvalue weighted by Gasteiger charge is 2.28. The summed E-state index contributed by atoms with van der Waals surface area (Å²) in [6.45, 7) is 3.45. The summed E-state index contributed by atoms with van der Waals surface area (Å²) in [4.78, 5) is 0.0913. The van der Waals surface area contributed by atoms with Crippen LogP contribution in [0, 0.1) is 12.8 Å². The molecule has 6 nitrogen and oxygen atoms in total. The van der Waals surface area contributed by atoms with Crippen molar-refractivity contribution in [2.75, 3.05) is 0 Å². The van der Waals surface area contributed by atoms with E-state index in [4.69, 9.17) is 5.11 Å². The molecule has 7 heteroatoms. The van der Waals surface area contributed by atoms with E-state index in [-0.39, 0.29) is 23.2 Å². The zero-order valence-corrected chi connectivity index (χ0v) is 12.1. The summed E-state index contributed by atoms with van der Waals surface area (Å²) < 4.78 is 27.5. The Hall–Kier alpha value is -0.920. The van der Waals surface area contributed by atoms with Gasteiger partial charge in [-0.15, -0.1) is 0 Å². The van der Waals surface area contributed by atoms with Gasteiger partial charge in [0.05, 0.1) is 12.3 Å². The van der Waals surface area contributed by atoms with Crippen LogP contribution in [0.1, 0.15) is 44.0 Å². The number of aromatic amines is 1. The van der Waals surface area contributed by atoms with Crippen molar-refractivity contribution in [3.8, 4) is 0 Å². The highest BCUT2D eigenvalue weighted by atomic mass is 32.2. The van der Waals surface area contributed by atoms with Gasteiger partial charge in [0.1, 0.15) is 10.6 Å². The number of nitrogens with zero attached hydrogens (tertiary/aromatic N) is 1. The first-order valence-corrected chi connectivity index (χ1v) is 8.09. The molecular formula is C12H21N3O3S. The Kier molecular flexibility index (Phi) is 4.27. The molecule has 19 heavy (non-hydrogen) atoms. The molecule has 0 unspecified atom stereocenters. The number of nitrogens with one attached hydrogen (secondary N) is 2. The number of aliphatic hydroxyl groups is 1. The molecule has 1 aromatic heterocycles. The predicted octanol–water partition coefficient (Wildman–Crippen LogP) is 1.07. The van der Waals surface area contributed by atoms with Crippen LogP contribution in [0.2, 0.25) is 0 Å². The Labute approximate surface area is 113 Å². The van der Waals surface area contributed by atoms with Crippen LogP contribution in [0.15, 0.2) is 4.90 Å². The lowest BCUT2D eigenvalue weighted by Gasteiger charge is -2.26. The van der Waals surface area contributed by atoms with Gasteiger partial charge in [-0.3, -0.25) is 5.10 Å². The number of aromatic nitrogens is 2. The monoisotopic (exact) mass is 287 g/mol. The average Bonchev–Trinajstić information content (AvgIpc) is 2.74. The average molecular weight is 287 g/mol. The molecule has 1 aliphatic rings. The summed E-state index contributed by atoms with van der Waals surface area (Å²) in [5.74, 6) is 0.671. The zero-order chi connectivity index (χ0) is 14.0. The van der Waals surface area contributed by atoms with Crippen molar-refractivity contribution in [1.29, 1.82) is 0 Å². The molecule has 0 atom stereocenters. The molecule has 0 spiro atoms. The lowest BCUT2D eigenvalue weighted by atomic mass is 9.88. The van der Waals surface area contributed by atoms with Gasteiger partial charge < -0.3 is 5.11 Å². The van der Waals surface area contributed by atoms with E-state index in [9.17, 15) is 8.42 Å². The number of sulfonamides is 1. The highest BCUT2D eigenvalue weighted by molar-refractivity contribution is 7.89. The molecule has 0 aliphatic heterocycles. The van der Waals surface area contributed by atoms with Gasteiger partial charge in [0.15, 0.2) is 0 Å². The molecule has 0 saturated heterocycles. The third kappa shape index (κ3) is 3.16. The van der Waals surface area contributed by atoms with Gasteiger partial charge in [-0.2, -0.15) is 5.10 Å². The van der Waals surface area contributed by atoms with Gasteiger partial charge in [-0.1, -0.05) is 6.92 Å². The SMILES string of the molecule is Cc1[nH]nc(CO)c1S(=O)(=O)NC1CCC(C)CC1. The first-order chi connectivity index (χ1) is 8.94. The number of rotatable bonds is 4. The summed E-state index contributed by atoms with van der Waals surface area (Å²) in [7, 11) is -3.61. The van der Waals surface area contributed by atoms with Crippen molar-refractivity contribution in [3.63, 3.8) is 0 Å². The molecule has 0 amide bonds. The molecule has 0 bridgehead atoms. The van der Waals surface area contributed by atoms with Crippen LogP contribution < -0.4 is 4.72 Å². The fraction of sp³-hybridized carbons (Fsp3) is 0.750. The summed E-state index contributed by atoms with van der Waals surface area (Å²) in [5, 5.41) is 15.6. The second kappa shape index (κ2) is 5.60. The normalized spacial score (nSPS) is 24.6. The molecule has 0 radical (unpaired) electrons. The third-order valence-electron chi connectivity index (χ3n) is 3.72. The molecule has 3 N–H and O–H groups in total. The quantitative estimate of drug-likeness (QED) is 0.772. The molecule has 1 aliphatic carbocycles.